The Kier molecular flexibility index (Phi) is 5.07. The van der Waals surface area contributed by atoms with Gasteiger partial charge in [-0.3, -0.25) is 4.79 Å². The van der Waals surface area contributed by atoms with Crippen molar-refractivity contribution in [2.24, 2.45) is 0 Å². The Morgan fingerprint density at radius 2 is 1.95 bits per heavy atom. The lowest BCUT2D eigenvalue weighted by Gasteiger charge is -2.20. The predicted molar refractivity (Wildman–Crippen MR) is 71.1 cm³/mol. The van der Waals surface area contributed by atoms with Crippen molar-refractivity contribution in [1.29, 1.82) is 0 Å². The van der Waals surface area contributed by atoms with Crippen LogP contribution in [0.1, 0.15) is 31.1 Å². The number of carbonyl (C=O) groups excluding carboxylic acids is 2. The minimum absolute atomic E-state index is 0.241. The third kappa shape index (κ3) is 4.87. The van der Waals surface area contributed by atoms with Gasteiger partial charge in [-0.25, -0.2) is 9.18 Å². The second-order valence-corrected chi connectivity index (χ2v) is 5.22. The van der Waals surface area contributed by atoms with Crippen LogP contribution in [0.5, 0.6) is 5.75 Å². The first-order chi connectivity index (χ1) is 9.23. The van der Waals surface area contributed by atoms with E-state index in [-0.39, 0.29) is 5.56 Å². The fourth-order valence-electron chi connectivity index (χ4n) is 1.45. The highest BCUT2D eigenvalue weighted by Crippen LogP contribution is 2.16. The number of methoxy groups -OCH3 is 1. The van der Waals surface area contributed by atoms with Gasteiger partial charge in [-0.1, -0.05) is 0 Å². The smallest absolute Gasteiger partial charge is 0.341 e. The van der Waals surface area contributed by atoms with E-state index >= 15 is 0 Å². The molecule has 0 saturated carbocycles. The van der Waals surface area contributed by atoms with Gasteiger partial charge in [0.1, 0.15) is 11.6 Å². The molecule has 1 rings (SSSR count). The zero-order valence-corrected chi connectivity index (χ0v) is 12.0. The van der Waals surface area contributed by atoms with E-state index in [9.17, 15) is 14.0 Å². The highest BCUT2D eigenvalue weighted by atomic mass is 19.1. The number of halogens is 1. The molecule has 0 fully saturated rings. The number of hydrogen-bond donors (Lipinski definition) is 1. The Morgan fingerprint density at radius 3 is 2.45 bits per heavy atom. The molecular formula is C14H18FNO4. The molecule has 0 aliphatic carbocycles. The summed E-state index contributed by atoms with van der Waals surface area (Å²) >= 11 is 0. The molecule has 0 heterocycles. The van der Waals surface area contributed by atoms with Crippen molar-refractivity contribution in [3.63, 3.8) is 0 Å². The molecule has 0 radical (unpaired) electrons. The Morgan fingerprint density at radius 1 is 1.30 bits per heavy atom. The summed E-state index contributed by atoms with van der Waals surface area (Å²) in [6.45, 7) is 4.95. The van der Waals surface area contributed by atoms with Crippen molar-refractivity contribution in [1.82, 2.24) is 5.32 Å². The summed E-state index contributed by atoms with van der Waals surface area (Å²) in [5.41, 5.74) is -0.663. The molecule has 0 aliphatic heterocycles. The van der Waals surface area contributed by atoms with Crippen LogP contribution in [0, 0.1) is 5.82 Å². The average Bonchev–Trinajstić information content (AvgIpc) is 2.33. The Labute approximate surface area is 117 Å². The summed E-state index contributed by atoms with van der Waals surface area (Å²) in [6, 6.07) is 3.76. The predicted octanol–water partition coefficient (Wildman–Crippen LogP) is 1.91. The van der Waals surface area contributed by atoms with Gasteiger partial charge >= 0.3 is 5.97 Å². The summed E-state index contributed by atoms with van der Waals surface area (Å²) in [5, 5.41) is 2.63. The molecule has 0 saturated heterocycles. The number of ether oxygens (including phenoxy) is 2. The third-order valence-electron chi connectivity index (χ3n) is 2.24. The maximum absolute atomic E-state index is 13.6. The maximum Gasteiger partial charge on any atom is 0.341 e. The van der Waals surface area contributed by atoms with E-state index < -0.39 is 29.8 Å². The maximum atomic E-state index is 13.6. The minimum Gasteiger partial charge on any atom is -0.497 e. The van der Waals surface area contributed by atoms with E-state index in [1.807, 2.05) is 0 Å². The number of hydrogen-bond acceptors (Lipinski definition) is 4. The van der Waals surface area contributed by atoms with Crippen molar-refractivity contribution >= 4 is 11.9 Å². The summed E-state index contributed by atoms with van der Waals surface area (Å²) < 4.78 is 23.2. The van der Waals surface area contributed by atoms with Gasteiger partial charge in [0.2, 0.25) is 0 Å². The number of amides is 1. The highest BCUT2D eigenvalue weighted by Gasteiger charge is 2.18. The molecule has 0 aromatic heterocycles. The van der Waals surface area contributed by atoms with Gasteiger partial charge in [0.15, 0.2) is 6.61 Å². The van der Waals surface area contributed by atoms with E-state index in [0.717, 1.165) is 6.07 Å². The molecule has 1 amide bonds. The van der Waals surface area contributed by atoms with E-state index in [4.69, 9.17) is 9.47 Å². The fourth-order valence-corrected chi connectivity index (χ4v) is 1.45. The quantitative estimate of drug-likeness (QED) is 0.857. The lowest BCUT2D eigenvalue weighted by atomic mass is 10.1. The Bertz CT molecular complexity index is 508. The molecule has 1 aromatic carbocycles. The molecule has 0 unspecified atom stereocenters. The van der Waals surface area contributed by atoms with Gasteiger partial charge in [-0.15, -0.1) is 0 Å². The van der Waals surface area contributed by atoms with E-state index in [0.29, 0.717) is 5.75 Å². The largest absolute Gasteiger partial charge is 0.497 e. The molecule has 5 nitrogen and oxygen atoms in total. The third-order valence-corrected chi connectivity index (χ3v) is 2.24. The van der Waals surface area contributed by atoms with Crippen molar-refractivity contribution in [3.8, 4) is 5.75 Å². The van der Waals surface area contributed by atoms with Crippen molar-refractivity contribution in [2.45, 2.75) is 26.3 Å². The summed E-state index contributed by atoms with van der Waals surface area (Å²) in [4.78, 5) is 23.1. The second kappa shape index (κ2) is 6.36. The van der Waals surface area contributed by atoms with E-state index in [1.165, 1.54) is 19.2 Å². The molecule has 0 spiro atoms. The van der Waals surface area contributed by atoms with Crippen molar-refractivity contribution in [2.75, 3.05) is 13.7 Å². The number of nitrogens with one attached hydrogen (secondary N) is 1. The molecule has 0 bridgehead atoms. The van der Waals surface area contributed by atoms with E-state index in [2.05, 4.69) is 5.32 Å². The number of carbonyl (C=O) groups is 2. The van der Waals surface area contributed by atoms with Crippen LogP contribution in [0.2, 0.25) is 0 Å². The average molecular weight is 283 g/mol. The number of benzene rings is 1. The van der Waals surface area contributed by atoms with Crippen LogP contribution >= 0.6 is 0 Å². The van der Waals surface area contributed by atoms with Crippen LogP contribution in [0.3, 0.4) is 0 Å². The van der Waals surface area contributed by atoms with Crippen LogP contribution in [0.4, 0.5) is 4.39 Å². The number of esters is 1. The molecular weight excluding hydrogens is 265 g/mol. The van der Waals surface area contributed by atoms with Gasteiger partial charge in [0, 0.05) is 11.6 Å². The van der Waals surface area contributed by atoms with Gasteiger partial charge < -0.3 is 14.8 Å². The molecule has 110 valence electrons. The van der Waals surface area contributed by atoms with Crippen LogP contribution in [0.25, 0.3) is 0 Å². The fraction of sp³-hybridized carbons (Fsp3) is 0.429. The molecule has 1 aromatic rings. The normalized spacial score (nSPS) is 10.8. The van der Waals surface area contributed by atoms with E-state index in [1.54, 1.807) is 20.8 Å². The second-order valence-electron chi connectivity index (χ2n) is 5.22. The van der Waals surface area contributed by atoms with Crippen molar-refractivity contribution in [3.05, 3.63) is 29.6 Å². The van der Waals surface area contributed by atoms with Gasteiger partial charge in [-0.2, -0.15) is 0 Å². The van der Waals surface area contributed by atoms with Crippen LogP contribution < -0.4 is 10.1 Å². The SMILES string of the molecule is COc1ccc(C(=O)OCC(=O)NC(C)(C)C)c(F)c1. The monoisotopic (exact) mass is 283 g/mol. The lowest BCUT2D eigenvalue weighted by molar-refractivity contribution is -0.125. The molecule has 20 heavy (non-hydrogen) atoms. The number of rotatable bonds is 4. The standard InChI is InChI=1S/C14H18FNO4/c1-14(2,3)16-12(17)8-20-13(18)10-6-5-9(19-4)7-11(10)15/h5-7H,8H2,1-4H3,(H,16,17). The Balaban J connectivity index is 2.61. The van der Waals surface area contributed by atoms with Gasteiger partial charge in [0.05, 0.1) is 12.7 Å². The lowest BCUT2D eigenvalue weighted by Crippen LogP contribution is -2.42. The topological polar surface area (TPSA) is 64.6 Å². The summed E-state index contributed by atoms with van der Waals surface area (Å²) in [5.74, 6) is -1.80. The Hall–Kier alpha value is -2.11. The molecule has 1 N–H and O–H groups in total. The first-order valence-electron chi connectivity index (χ1n) is 6.04. The summed E-state index contributed by atoms with van der Waals surface area (Å²) in [6.07, 6.45) is 0. The first-order valence-corrected chi connectivity index (χ1v) is 6.04. The minimum atomic E-state index is -0.894. The summed E-state index contributed by atoms with van der Waals surface area (Å²) in [7, 11) is 1.39. The van der Waals surface area contributed by atoms with Crippen LogP contribution in [0.15, 0.2) is 18.2 Å². The van der Waals surface area contributed by atoms with Gasteiger partial charge in [-0.05, 0) is 32.9 Å². The zero-order valence-electron chi connectivity index (χ0n) is 12.0. The zero-order chi connectivity index (χ0) is 15.3. The molecule has 0 atom stereocenters. The van der Waals surface area contributed by atoms with Gasteiger partial charge in [0.25, 0.3) is 5.91 Å². The van der Waals surface area contributed by atoms with Crippen LogP contribution in [-0.2, 0) is 9.53 Å². The molecule has 6 heteroatoms. The first kappa shape index (κ1) is 15.9. The van der Waals surface area contributed by atoms with Crippen molar-refractivity contribution < 1.29 is 23.5 Å². The molecule has 0 aliphatic rings. The van der Waals surface area contributed by atoms with Crippen LogP contribution in [-0.4, -0.2) is 31.1 Å². The highest BCUT2D eigenvalue weighted by molar-refractivity contribution is 5.91.